The van der Waals surface area contributed by atoms with Gasteiger partial charge in [0.1, 0.15) is 5.82 Å². The largest absolute Gasteiger partial charge is 0.396 e. The number of amides is 1. The minimum Gasteiger partial charge on any atom is -0.396 e. The van der Waals surface area contributed by atoms with Crippen molar-refractivity contribution in [2.45, 2.75) is 25.8 Å². The van der Waals surface area contributed by atoms with Crippen molar-refractivity contribution in [3.8, 4) is 0 Å². The minimum atomic E-state index is -0.406. The van der Waals surface area contributed by atoms with E-state index in [0.717, 1.165) is 24.9 Å². The van der Waals surface area contributed by atoms with Crippen LogP contribution in [0.3, 0.4) is 0 Å². The molecule has 1 saturated heterocycles. The maximum Gasteiger partial charge on any atom is 0.219 e. The fourth-order valence-electron chi connectivity index (χ4n) is 2.26. The van der Waals surface area contributed by atoms with Crippen molar-refractivity contribution in [3.05, 3.63) is 29.6 Å². The number of nitrogen functional groups attached to an aromatic ring is 1. The summed E-state index contributed by atoms with van der Waals surface area (Å²) >= 11 is 0. The highest BCUT2D eigenvalue weighted by Gasteiger charge is 2.27. The number of benzene rings is 1. The van der Waals surface area contributed by atoms with Gasteiger partial charge in [-0.05, 0) is 30.5 Å². The molecule has 1 amide bonds. The topological polar surface area (TPSA) is 46.3 Å². The molecule has 1 aliphatic heterocycles. The summed E-state index contributed by atoms with van der Waals surface area (Å²) in [5.74, 6) is -0.346. The molecule has 0 spiro atoms. The summed E-state index contributed by atoms with van der Waals surface area (Å²) in [4.78, 5) is 13.2. The first-order valence-corrected chi connectivity index (χ1v) is 5.41. The van der Waals surface area contributed by atoms with Crippen LogP contribution in [0.4, 0.5) is 10.1 Å². The third-order valence-electron chi connectivity index (χ3n) is 3.06. The number of nitrogens with two attached hydrogens (primary N) is 1. The Morgan fingerprint density at radius 2 is 2.31 bits per heavy atom. The van der Waals surface area contributed by atoms with Crippen LogP contribution in [-0.4, -0.2) is 17.4 Å². The number of halogens is 1. The number of anilines is 1. The highest BCUT2D eigenvalue weighted by molar-refractivity contribution is 5.74. The van der Waals surface area contributed by atoms with E-state index < -0.39 is 5.82 Å². The van der Waals surface area contributed by atoms with Crippen molar-refractivity contribution >= 4 is 11.6 Å². The molecule has 0 aromatic heterocycles. The summed E-state index contributed by atoms with van der Waals surface area (Å²) in [6.45, 7) is 2.34. The van der Waals surface area contributed by atoms with E-state index in [1.54, 1.807) is 19.1 Å². The van der Waals surface area contributed by atoms with Crippen molar-refractivity contribution in [2.24, 2.45) is 0 Å². The van der Waals surface area contributed by atoms with Crippen molar-refractivity contribution in [2.75, 3.05) is 12.3 Å². The van der Waals surface area contributed by atoms with Gasteiger partial charge in [0.15, 0.2) is 0 Å². The zero-order chi connectivity index (χ0) is 11.7. The first-order valence-electron chi connectivity index (χ1n) is 5.41. The molecule has 1 atom stereocenters. The Balaban J connectivity index is 2.29. The molecule has 1 unspecified atom stereocenters. The summed E-state index contributed by atoms with van der Waals surface area (Å²) in [6, 6.07) is 4.75. The molecule has 0 radical (unpaired) electrons. The van der Waals surface area contributed by atoms with E-state index in [4.69, 9.17) is 5.73 Å². The second-order valence-corrected chi connectivity index (χ2v) is 4.15. The van der Waals surface area contributed by atoms with E-state index in [9.17, 15) is 9.18 Å². The van der Waals surface area contributed by atoms with Gasteiger partial charge in [-0.2, -0.15) is 0 Å². The second-order valence-electron chi connectivity index (χ2n) is 4.15. The third-order valence-corrected chi connectivity index (χ3v) is 3.06. The zero-order valence-corrected chi connectivity index (χ0v) is 9.24. The molecular weight excluding hydrogens is 207 g/mol. The maximum atomic E-state index is 13.0. The van der Waals surface area contributed by atoms with Gasteiger partial charge >= 0.3 is 0 Å². The SMILES string of the molecule is CC(=O)N1CCCC1c1ccc(F)c(N)c1. The molecule has 0 bridgehead atoms. The Morgan fingerprint density at radius 1 is 1.56 bits per heavy atom. The lowest BCUT2D eigenvalue weighted by atomic mass is 10.0. The number of nitrogens with zero attached hydrogens (tertiary/aromatic N) is 1. The number of likely N-dealkylation sites (tertiary alicyclic amines) is 1. The lowest BCUT2D eigenvalue weighted by Crippen LogP contribution is -2.28. The fraction of sp³-hybridized carbons (Fsp3) is 0.417. The quantitative estimate of drug-likeness (QED) is 0.739. The Labute approximate surface area is 94.0 Å². The lowest BCUT2D eigenvalue weighted by Gasteiger charge is -2.23. The van der Waals surface area contributed by atoms with Gasteiger partial charge in [0.2, 0.25) is 5.91 Å². The van der Waals surface area contributed by atoms with Crippen LogP contribution >= 0.6 is 0 Å². The van der Waals surface area contributed by atoms with Crippen molar-refractivity contribution in [1.29, 1.82) is 0 Å². The van der Waals surface area contributed by atoms with Gasteiger partial charge in [-0.1, -0.05) is 6.07 Å². The van der Waals surface area contributed by atoms with Gasteiger partial charge in [0, 0.05) is 13.5 Å². The highest BCUT2D eigenvalue weighted by atomic mass is 19.1. The number of carbonyl (C=O) groups excluding carboxylic acids is 1. The highest BCUT2D eigenvalue weighted by Crippen LogP contribution is 2.33. The molecule has 1 aromatic rings. The molecule has 2 rings (SSSR count). The Kier molecular flexibility index (Phi) is 2.81. The van der Waals surface area contributed by atoms with Crippen LogP contribution in [0.25, 0.3) is 0 Å². The van der Waals surface area contributed by atoms with Crippen molar-refractivity contribution in [1.82, 2.24) is 4.90 Å². The molecule has 1 aliphatic rings. The van der Waals surface area contributed by atoms with E-state index in [1.807, 2.05) is 4.90 Å². The molecule has 0 saturated carbocycles. The lowest BCUT2D eigenvalue weighted by molar-refractivity contribution is -0.129. The molecule has 0 aliphatic carbocycles. The van der Waals surface area contributed by atoms with Crippen LogP contribution in [0.15, 0.2) is 18.2 Å². The summed E-state index contributed by atoms with van der Waals surface area (Å²) in [7, 11) is 0. The van der Waals surface area contributed by atoms with Gasteiger partial charge in [0.05, 0.1) is 11.7 Å². The number of rotatable bonds is 1. The van der Waals surface area contributed by atoms with Gasteiger partial charge < -0.3 is 10.6 Å². The minimum absolute atomic E-state index is 0.0559. The summed E-state index contributed by atoms with van der Waals surface area (Å²) in [6.07, 6.45) is 1.91. The van der Waals surface area contributed by atoms with Crippen LogP contribution in [0, 0.1) is 5.82 Å². The third kappa shape index (κ3) is 1.87. The van der Waals surface area contributed by atoms with Crippen molar-refractivity contribution in [3.63, 3.8) is 0 Å². The molecule has 1 heterocycles. The van der Waals surface area contributed by atoms with E-state index in [-0.39, 0.29) is 17.6 Å². The Morgan fingerprint density at radius 3 is 2.94 bits per heavy atom. The smallest absolute Gasteiger partial charge is 0.219 e. The van der Waals surface area contributed by atoms with E-state index >= 15 is 0 Å². The van der Waals surface area contributed by atoms with Gasteiger partial charge in [-0.25, -0.2) is 4.39 Å². The maximum absolute atomic E-state index is 13.0. The first kappa shape index (κ1) is 10.9. The number of hydrogen-bond donors (Lipinski definition) is 1. The summed E-state index contributed by atoms with van der Waals surface area (Å²) in [5.41, 5.74) is 6.60. The van der Waals surface area contributed by atoms with E-state index in [2.05, 4.69) is 0 Å². The van der Waals surface area contributed by atoms with E-state index in [0.29, 0.717) is 0 Å². The number of carbonyl (C=O) groups is 1. The average Bonchev–Trinajstić information content (AvgIpc) is 2.71. The van der Waals surface area contributed by atoms with Crippen LogP contribution in [-0.2, 0) is 4.79 Å². The fourth-order valence-corrected chi connectivity index (χ4v) is 2.26. The monoisotopic (exact) mass is 222 g/mol. The van der Waals surface area contributed by atoms with E-state index in [1.165, 1.54) is 6.07 Å². The first-order chi connectivity index (χ1) is 7.59. The molecule has 86 valence electrons. The van der Waals surface area contributed by atoms with Crippen LogP contribution in [0.1, 0.15) is 31.4 Å². The Bertz CT molecular complexity index is 419. The van der Waals surface area contributed by atoms with Gasteiger partial charge in [-0.3, -0.25) is 4.79 Å². The second kappa shape index (κ2) is 4.12. The van der Waals surface area contributed by atoms with Crippen LogP contribution in [0.5, 0.6) is 0 Å². The predicted octanol–water partition coefficient (Wildman–Crippen LogP) is 2.09. The van der Waals surface area contributed by atoms with Crippen LogP contribution in [0.2, 0.25) is 0 Å². The summed E-state index contributed by atoms with van der Waals surface area (Å²) in [5, 5.41) is 0. The molecular formula is C12H15FN2O. The molecule has 2 N–H and O–H groups in total. The number of hydrogen-bond acceptors (Lipinski definition) is 2. The zero-order valence-electron chi connectivity index (χ0n) is 9.24. The normalized spacial score (nSPS) is 20.1. The van der Waals surface area contributed by atoms with Gasteiger partial charge in [-0.15, -0.1) is 0 Å². The average molecular weight is 222 g/mol. The van der Waals surface area contributed by atoms with Crippen molar-refractivity contribution < 1.29 is 9.18 Å². The molecule has 3 nitrogen and oxygen atoms in total. The van der Waals surface area contributed by atoms with Crippen LogP contribution < -0.4 is 5.73 Å². The predicted molar refractivity (Wildman–Crippen MR) is 60.2 cm³/mol. The molecule has 16 heavy (non-hydrogen) atoms. The summed E-state index contributed by atoms with van der Waals surface area (Å²) < 4.78 is 13.0. The molecule has 1 aromatic carbocycles. The van der Waals surface area contributed by atoms with Gasteiger partial charge in [0.25, 0.3) is 0 Å². The Hall–Kier alpha value is -1.58. The molecule has 1 fully saturated rings. The standard InChI is InChI=1S/C12H15FN2O/c1-8(16)15-6-2-3-12(15)9-4-5-10(13)11(14)7-9/h4-5,7,12H,2-3,6,14H2,1H3. The molecule has 4 heteroatoms.